The van der Waals surface area contributed by atoms with E-state index in [1.807, 2.05) is 30.1 Å². The van der Waals surface area contributed by atoms with Crippen molar-refractivity contribution >= 4 is 32.7 Å². The lowest BCUT2D eigenvalue weighted by Crippen LogP contribution is -2.39. The molecule has 0 radical (unpaired) electrons. The SMILES string of the molecule is CNCCC1CCN(C(=O)c2cc(=O)[nH]c3ccc(Br)cc23)CC1. The van der Waals surface area contributed by atoms with Gasteiger partial charge in [-0.05, 0) is 57.0 Å². The Hall–Kier alpha value is -1.66. The highest BCUT2D eigenvalue weighted by Gasteiger charge is 2.24. The number of likely N-dealkylation sites (tertiary alicyclic amines) is 1. The van der Waals surface area contributed by atoms with E-state index in [-0.39, 0.29) is 11.5 Å². The van der Waals surface area contributed by atoms with Gasteiger partial charge in [-0.15, -0.1) is 0 Å². The fourth-order valence-electron chi connectivity index (χ4n) is 3.35. The molecule has 6 heteroatoms. The molecule has 0 aliphatic carbocycles. The highest BCUT2D eigenvalue weighted by molar-refractivity contribution is 9.10. The molecule has 1 aromatic heterocycles. The quantitative estimate of drug-likeness (QED) is 0.841. The maximum absolute atomic E-state index is 12.9. The predicted octanol–water partition coefficient (Wildman–Crippen LogP) is 2.75. The van der Waals surface area contributed by atoms with Crippen molar-refractivity contribution in [3.63, 3.8) is 0 Å². The van der Waals surface area contributed by atoms with Crippen LogP contribution in [0.2, 0.25) is 0 Å². The number of H-pyrrole nitrogens is 1. The zero-order valence-corrected chi connectivity index (χ0v) is 15.4. The van der Waals surface area contributed by atoms with E-state index in [2.05, 4.69) is 26.2 Å². The second-order valence-electron chi connectivity index (χ2n) is 6.36. The molecule has 24 heavy (non-hydrogen) atoms. The molecule has 1 aromatic carbocycles. The van der Waals surface area contributed by atoms with Crippen molar-refractivity contribution in [3.8, 4) is 0 Å². The van der Waals surface area contributed by atoms with Gasteiger partial charge < -0.3 is 15.2 Å². The third kappa shape index (κ3) is 3.70. The van der Waals surface area contributed by atoms with Crippen LogP contribution in [-0.2, 0) is 0 Å². The molecule has 0 saturated carbocycles. The Kier molecular flexibility index (Phi) is 5.36. The lowest BCUT2D eigenvalue weighted by atomic mass is 9.93. The smallest absolute Gasteiger partial charge is 0.254 e. The second kappa shape index (κ2) is 7.49. The van der Waals surface area contributed by atoms with Crippen LogP contribution < -0.4 is 10.9 Å². The summed E-state index contributed by atoms with van der Waals surface area (Å²) < 4.78 is 0.891. The Balaban J connectivity index is 1.82. The summed E-state index contributed by atoms with van der Waals surface area (Å²) in [5.41, 5.74) is 0.943. The fraction of sp³-hybridized carbons (Fsp3) is 0.444. The summed E-state index contributed by atoms with van der Waals surface area (Å²) in [5, 5.41) is 3.97. The minimum atomic E-state index is -0.239. The number of rotatable bonds is 4. The molecule has 1 aliphatic rings. The Morgan fingerprint density at radius 3 is 2.79 bits per heavy atom. The first kappa shape index (κ1) is 17.2. The summed E-state index contributed by atoms with van der Waals surface area (Å²) in [6.45, 7) is 2.54. The minimum Gasteiger partial charge on any atom is -0.339 e. The number of benzene rings is 1. The first-order valence-corrected chi connectivity index (χ1v) is 9.14. The van der Waals surface area contributed by atoms with E-state index in [1.165, 1.54) is 6.07 Å². The number of amides is 1. The third-order valence-corrected chi connectivity index (χ3v) is 5.23. The maximum Gasteiger partial charge on any atom is 0.254 e. The van der Waals surface area contributed by atoms with Gasteiger partial charge in [0.1, 0.15) is 0 Å². The van der Waals surface area contributed by atoms with Gasteiger partial charge in [0.05, 0.1) is 5.56 Å². The summed E-state index contributed by atoms with van der Waals surface area (Å²) in [4.78, 5) is 29.5. The Labute approximate surface area is 149 Å². The summed E-state index contributed by atoms with van der Waals surface area (Å²) in [6, 6.07) is 6.99. The van der Waals surface area contributed by atoms with E-state index in [1.54, 1.807) is 0 Å². The van der Waals surface area contributed by atoms with Crippen molar-refractivity contribution in [2.24, 2.45) is 5.92 Å². The van der Waals surface area contributed by atoms with Crippen LogP contribution in [-0.4, -0.2) is 42.5 Å². The average Bonchev–Trinajstić information content (AvgIpc) is 2.59. The van der Waals surface area contributed by atoms with E-state index in [9.17, 15) is 9.59 Å². The summed E-state index contributed by atoms with van der Waals surface area (Å²) in [7, 11) is 1.97. The van der Waals surface area contributed by atoms with Gasteiger partial charge in [0.2, 0.25) is 5.56 Å². The Morgan fingerprint density at radius 2 is 2.08 bits per heavy atom. The number of halogens is 1. The summed E-state index contributed by atoms with van der Waals surface area (Å²) in [5.74, 6) is 0.628. The number of aromatic nitrogens is 1. The molecule has 0 unspecified atom stereocenters. The van der Waals surface area contributed by atoms with Crippen molar-refractivity contribution in [3.05, 3.63) is 44.7 Å². The lowest BCUT2D eigenvalue weighted by molar-refractivity contribution is 0.0689. The number of carbonyl (C=O) groups excluding carboxylic acids is 1. The number of piperidine rings is 1. The molecule has 0 atom stereocenters. The van der Waals surface area contributed by atoms with E-state index in [4.69, 9.17) is 0 Å². The molecule has 5 nitrogen and oxygen atoms in total. The normalized spacial score (nSPS) is 15.8. The molecular weight excluding hydrogens is 370 g/mol. The largest absolute Gasteiger partial charge is 0.339 e. The van der Waals surface area contributed by atoms with E-state index < -0.39 is 0 Å². The topological polar surface area (TPSA) is 65.2 Å². The van der Waals surface area contributed by atoms with Crippen molar-refractivity contribution in [2.45, 2.75) is 19.3 Å². The molecule has 128 valence electrons. The Bertz CT molecular complexity index is 794. The fourth-order valence-corrected chi connectivity index (χ4v) is 3.71. The van der Waals surface area contributed by atoms with Crippen LogP contribution in [0.25, 0.3) is 10.9 Å². The highest BCUT2D eigenvalue weighted by Crippen LogP contribution is 2.25. The maximum atomic E-state index is 12.9. The number of nitrogens with one attached hydrogen (secondary N) is 2. The number of pyridine rings is 1. The molecular formula is C18H22BrN3O2. The van der Waals surface area contributed by atoms with Gasteiger partial charge in [-0.1, -0.05) is 15.9 Å². The van der Waals surface area contributed by atoms with Gasteiger partial charge >= 0.3 is 0 Å². The first-order chi connectivity index (χ1) is 11.6. The van der Waals surface area contributed by atoms with Gasteiger partial charge in [-0.25, -0.2) is 0 Å². The number of nitrogens with zero attached hydrogens (tertiary/aromatic N) is 1. The molecule has 3 rings (SSSR count). The Morgan fingerprint density at radius 1 is 1.33 bits per heavy atom. The highest BCUT2D eigenvalue weighted by atomic mass is 79.9. The van der Waals surface area contributed by atoms with Crippen LogP contribution in [0.4, 0.5) is 0 Å². The predicted molar refractivity (Wildman–Crippen MR) is 99.4 cm³/mol. The number of aromatic amines is 1. The van der Waals surface area contributed by atoms with Gasteiger partial charge in [-0.3, -0.25) is 9.59 Å². The summed E-state index contributed by atoms with van der Waals surface area (Å²) >= 11 is 3.44. The average molecular weight is 392 g/mol. The van der Waals surface area contributed by atoms with Crippen molar-refractivity contribution in [1.29, 1.82) is 0 Å². The molecule has 1 saturated heterocycles. The van der Waals surface area contributed by atoms with Crippen LogP contribution in [0, 0.1) is 5.92 Å². The van der Waals surface area contributed by atoms with Gasteiger partial charge in [0.25, 0.3) is 5.91 Å². The minimum absolute atomic E-state index is 0.0451. The van der Waals surface area contributed by atoms with Gasteiger partial charge in [-0.2, -0.15) is 0 Å². The third-order valence-electron chi connectivity index (χ3n) is 4.74. The molecule has 1 fully saturated rings. The van der Waals surface area contributed by atoms with Crippen LogP contribution in [0.15, 0.2) is 33.5 Å². The number of hydrogen-bond donors (Lipinski definition) is 2. The lowest BCUT2D eigenvalue weighted by Gasteiger charge is -2.32. The second-order valence-corrected chi connectivity index (χ2v) is 7.28. The standard InChI is InChI=1S/C18H22BrN3O2/c1-20-7-4-12-5-8-22(9-6-12)18(24)15-11-17(23)21-16-3-2-13(19)10-14(15)16/h2-3,10-12,20H,4-9H2,1H3,(H,21,23). The van der Waals surface area contributed by atoms with Crippen molar-refractivity contribution in [2.75, 3.05) is 26.7 Å². The van der Waals surface area contributed by atoms with Crippen LogP contribution in [0.5, 0.6) is 0 Å². The van der Waals surface area contributed by atoms with Crippen LogP contribution >= 0.6 is 15.9 Å². The molecule has 2 N–H and O–H groups in total. The number of fused-ring (bicyclic) bond motifs is 1. The van der Waals surface area contributed by atoms with Gasteiger partial charge in [0, 0.05) is 34.5 Å². The molecule has 1 amide bonds. The zero-order chi connectivity index (χ0) is 17.1. The molecule has 2 aromatic rings. The molecule has 0 spiro atoms. The van der Waals surface area contributed by atoms with E-state index in [0.717, 1.165) is 48.8 Å². The van der Waals surface area contributed by atoms with Crippen molar-refractivity contribution in [1.82, 2.24) is 15.2 Å². The van der Waals surface area contributed by atoms with E-state index in [0.29, 0.717) is 17.0 Å². The zero-order valence-electron chi connectivity index (χ0n) is 13.8. The van der Waals surface area contributed by atoms with E-state index >= 15 is 0 Å². The van der Waals surface area contributed by atoms with Crippen LogP contribution in [0.3, 0.4) is 0 Å². The monoisotopic (exact) mass is 391 g/mol. The number of carbonyl (C=O) groups is 1. The molecule has 0 bridgehead atoms. The summed E-state index contributed by atoms with van der Waals surface area (Å²) in [6.07, 6.45) is 3.20. The molecule has 1 aliphatic heterocycles. The molecule has 2 heterocycles. The first-order valence-electron chi connectivity index (χ1n) is 8.35. The number of hydrogen-bond acceptors (Lipinski definition) is 3. The van der Waals surface area contributed by atoms with Gasteiger partial charge in [0.15, 0.2) is 0 Å². The van der Waals surface area contributed by atoms with Crippen LogP contribution in [0.1, 0.15) is 29.6 Å². The van der Waals surface area contributed by atoms with Crippen molar-refractivity contribution < 1.29 is 4.79 Å².